The van der Waals surface area contributed by atoms with Crippen LogP contribution < -0.4 is 0 Å². The van der Waals surface area contributed by atoms with E-state index in [4.69, 9.17) is 15.0 Å². The van der Waals surface area contributed by atoms with Gasteiger partial charge in [0.1, 0.15) is 0 Å². The van der Waals surface area contributed by atoms with Gasteiger partial charge in [-0.1, -0.05) is 164 Å². The summed E-state index contributed by atoms with van der Waals surface area (Å²) in [6.07, 6.45) is 0. The van der Waals surface area contributed by atoms with Gasteiger partial charge in [-0.05, 0) is 97.1 Å². The highest BCUT2D eigenvalue weighted by atomic mass is 15.1. The van der Waals surface area contributed by atoms with Gasteiger partial charge in [-0.25, -0.2) is 15.0 Å². The van der Waals surface area contributed by atoms with E-state index in [9.17, 15) is 0 Å². The highest BCUT2D eigenvalue weighted by molar-refractivity contribution is 6.28. The van der Waals surface area contributed by atoms with Crippen molar-refractivity contribution in [2.45, 2.75) is 0 Å². The number of benzene rings is 11. The fraction of sp³-hybridized carbons (Fsp3) is 0. The summed E-state index contributed by atoms with van der Waals surface area (Å²) in [6.45, 7) is 0. The fourth-order valence-electron chi connectivity index (χ4n) is 12.1. The van der Waals surface area contributed by atoms with Crippen LogP contribution in [0.25, 0.3) is 144 Å². The molecular formula is C69H43N7. The molecule has 76 heavy (non-hydrogen) atoms. The molecule has 0 amide bonds. The summed E-state index contributed by atoms with van der Waals surface area (Å²) in [6, 6.07) is 93.4. The summed E-state index contributed by atoms with van der Waals surface area (Å²) < 4.78 is 9.82. The summed E-state index contributed by atoms with van der Waals surface area (Å²) in [5.41, 5.74) is 16.3. The summed E-state index contributed by atoms with van der Waals surface area (Å²) in [5.74, 6) is 1.87. The Bertz CT molecular complexity index is 4900. The molecule has 0 radical (unpaired) electrons. The van der Waals surface area contributed by atoms with E-state index in [1.165, 1.54) is 43.4 Å². The Balaban J connectivity index is 1.03. The quantitative estimate of drug-likeness (QED) is 0.160. The van der Waals surface area contributed by atoms with E-state index in [1.54, 1.807) is 0 Å². The van der Waals surface area contributed by atoms with Crippen LogP contribution in [-0.4, -0.2) is 33.2 Å². The number of fused-ring (bicyclic) bond motifs is 14. The second-order valence-electron chi connectivity index (χ2n) is 19.6. The Morgan fingerprint density at radius 2 is 0.566 bits per heavy atom. The molecule has 0 spiro atoms. The lowest BCUT2D eigenvalue weighted by Gasteiger charge is -2.11. The molecule has 0 aliphatic carbocycles. The SMILES string of the molecule is c1ccc(-c2nc(-c3ccccc3)nc(-c3ccc4c(c3)c3c(ccc5c6ccccc6n(-c6ccc7c(c6)c6c(ccc8c9ccccc9n(-c9ccccc9)c86)n7-c6ccccc6)c53)n4-c3ccccc3)n2)cc1. The van der Waals surface area contributed by atoms with E-state index in [0.29, 0.717) is 17.5 Å². The van der Waals surface area contributed by atoms with E-state index in [2.05, 4.69) is 243 Å². The molecule has 0 saturated carbocycles. The van der Waals surface area contributed by atoms with Gasteiger partial charge in [-0.15, -0.1) is 0 Å². The molecule has 16 aromatic rings. The Morgan fingerprint density at radius 3 is 1.05 bits per heavy atom. The van der Waals surface area contributed by atoms with Crippen molar-refractivity contribution in [3.63, 3.8) is 0 Å². The van der Waals surface area contributed by atoms with Crippen LogP contribution in [0.3, 0.4) is 0 Å². The molecule has 0 aliphatic rings. The highest BCUT2D eigenvalue weighted by Gasteiger charge is 2.25. The third-order valence-electron chi connectivity index (χ3n) is 15.4. The van der Waals surface area contributed by atoms with Crippen LogP contribution in [0.5, 0.6) is 0 Å². The van der Waals surface area contributed by atoms with Crippen LogP contribution in [0.1, 0.15) is 0 Å². The molecule has 0 N–H and O–H groups in total. The lowest BCUT2D eigenvalue weighted by Crippen LogP contribution is -2.00. The van der Waals surface area contributed by atoms with Crippen LogP contribution in [0.4, 0.5) is 0 Å². The molecule has 0 unspecified atom stereocenters. The van der Waals surface area contributed by atoms with Gasteiger partial charge in [-0.2, -0.15) is 0 Å². The highest BCUT2D eigenvalue weighted by Crippen LogP contribution is 2.46. The van der Waals surface area contributed by atoms with Crippen molar-refractivity contribution in [2.24, 2.45) is 0 Å². The predicted molar refractivity (Wildman–Crippen MR) is 313 cm³/mol. The molecule has 5 heterocycles. The number of rotatable bonds is 7. The first kappa shape index (κ1) is 42.2. The maximum Gasteiger partial charge on any atom is 0.164 e. The minimum atomic E-state index is 0.613. The number of nitrogens with zero attached hydrogens (tertiary/aromatic N) is 7. The molecule has 7 nitrogen and oxygen atoms in total. The van der Waals surface area contributed by atoms with Crippen molar-refractivity contribution < 1.29 is 0 Å². The number of aromatic nitrogens is 7. The van der Waals surface area contributed by atoms with Crippen molar-refractivity contribution >= 4 is 87.2 Å². The smallest absolute Gasteiger partial charge is 0.164 e. The van der Waals surface area contributed by atoms with E-state index in [-0.39, 0.29) is 0 Å². The first-order valence-corrected chi connectivity index (χ1v) is 25.8. The van der Waals surface area contributed by atoms with Crippen molar-refractivity contribution in [1.82, 2.24) is 33.2 Å². The number of hydrogen-bond donors (Lipinski definition) is 0. The zero-order valence-electron chi connectivity index (χ0n) is 41.0. The summed E-state index contributed by atoms with van der Waals surface area (Å²) in [4.78, 5) is 15.5. The van der Waals surface area contributed by atoms with Gasteiger partial charge in [0.2, 0.25) is 0 Å². The van der Waals surface area contributed by atoms with Crippen molar-refractivity contribution in [2.75, 3.05) is 0 Å². The van der Waals surface area contributed by atoms with Crippen molar-refractivity contribution in [3.8, 4) is 56.9 Å². The van der Waals surface area contributed by atoms with Gasteiger partial charge in [-0.3, -0.25) is 0 Å². The van der Waals surface area contributed by atoms with Crippen LogP contribution in [0.15, 0.2) is 261 Å². The second kappa shape index (κ2) is 16.6. The van der Waals surface area contributed by atoms with Crippen LogP contribution in [0, 0.1) is 0 Å². The normalized spacial score (nSPS) is 11.9. The van der Waals surface area contributed by atoms with Crippen molar-refractivity contribution in [3.05, 3.63) is 261 Å². The summed E-state index contributed by atoms with van der Waals surface area (Å²) >= 11 is 0. The van der Waals surface area contributed by atoms with E-state index >= 15 is 0 Å². The topological polar surface area (TPSA) is 58.4 Å². The third-order valence-corrected chi connectivity index (χ3v) is 15.4. The molecular weight excluding hydrogens is 927 g/mol. The zero-order chi connectivity index (χ0) is 49.8. The molecule has 0 fully saturated rings. The zero-order valence-corrected chi connectivity index (χ0v) is 41.0. The Hall–Kier alpha value is -10.4. The molecule has 5 aromatic heterocycles. The minimum Gasteiger partial charge on any atom is -0.309 e. The number of para-hydroxylation sites is 5. The van der Waals surface area contributed by atoms with E-state index in [0.717, 1.165) is 83.3 Å². The van der Waals surface area contributed by atoms with E-state index in [1.807, 2.05) is 36.4 Å². The van der Waals surface area contributed by atoms with Gasteiger partial charge in [0.05, 0.1) is 44.1 Å². The predicted octanol–water partition coefficient (Wildman–Crippen LogP) is 17.3. The largest absolute Gasteiger partial charge is 0.309 e. The molecule has 16 rings (SSSR count). The fourth-order valence-corrected chi connectivity index (χ4v) is 12.1. The molecule has 7 heteroatoms. The minimum absolute atomic E-state index is 0.613. The van der Waals surface area contributed by atoms with Gasteiger partial charge in [0.25, 0.3) is 0 Å². The van der Waals surface area contributed by atoms with Crippen LogP contribution >= 0.6 is 0 Å². The Labute approximate surface area is 436 Å². The first-order valence-electron chi connectivity index (χ1n) is 25.8. The molecule has 11 aromatic carbocycles. The monoisotopic (exact) mass is 969 g/mol. The molecule has 0 bridgehead atoms. The molecule has 0 aliphatic heterocycles. The Kier molecular flexibility index (Phi) is 9.20. The molecule has 354 valence electrons. The van der Waals surface area contributed by atoms with Gasteiger partial charge in [0.15, 0.2) is 17.5 Å². The van der Waals surface area contributed by atoms with Crippen LogP contribution in [0.2, 0.25) is 0 Å². The summed E-state index contributed by atoms with van der Waals surface area (Å²) in [7, 11) is 0. The Morgan fingerprint density at radius 1 is 0.211 bits per heavy atom. The van der Waals surface area contributed by atoms with Crippen LogP contribution in [-0.2, 0) is 0 Å². The molecule has 0 atom stereocenters. The lowest BCUT2D eigenvalue weighted by molar-refractivity contribution is 1.07. The van der Waals surface area contributed by atoms with Gasteiger partial charge >= 0.3 is 0 Å². The average molecular weight is 970 g/mol. The summed E-state index contributed by atoms with van der Waals surface area (Å²) in [5, 5.41) is 9.44. The first-order chi connectivity index (χ1) is 37.7. The maximum absolute atomic E-state index is 5.21. The number of hydrogen-bond acceptors (Lipinski definition) is 3. The van der Waals surface area contributed by atoms with E-state index < -0.39 is 0 Å². The maximum atomic E-state index is 5.21. The van der Waals surface area contributed by atoms with Gasteiger partial charge < -0.3 is 18.3 Å². The van der Waals surface area contributed by atoms with Crippen molar-refractivity contribution in [1.29, 1.82) is 0 Å². The third kappa shape index (κ3) is 6.26. The van der Waals surface area contributed by atoms with Gasteiger partial charge in [0, 0.05) is 82.5 Å². The molecule has 0 saturated heterocycles. The lowest BCUT2D eigenvalue weighted by atomic mass is 10.1. The second-order valence-corrected chi connectivity index (χ2v) is 19.6. The standard InChI is InChI=1S/C69H43N7/c1-6-20-44(21-7-1)67-70-68(45-22-8-2-9-23-45)72-69(71-67)46-34-38-59-55(42-46)63-61(73(59)47-24-10-3-11-25-47)40-37-54-52-31-17-19-33-58(52)76(66(54)63)50-35-39-60-56(43-50)64-62(74(60)48-26-12-4-13-27-48)41-36-53-51-30-16-18-32-57(51)75(65(53)64)49-28-14-5-15-29-49/h1-43H. The average Bonchev–Trinajstić information content (AvgIpc) is 4.41.